The largest absolute Gasteiger partial charge is 0.324 e. The summed E-state index contributed by atoms with van der Waals surface area (Å²) in [7, 11) is 1.70. The summed E-state index contributed by atoms with van der Waals surface area (Å²) in [6.07, 6.45) is 2.78. The highest BCUT2D eigenvalue weighted by molar-refractivity contribution is 6.30. The minimum Gasteiger partial charge on any atom is -0.324 e. The van der Waals surface area contributed by atoms with Crippen molar-refractivity contribution < 1.29 is 4.79 Å². The lowest BCUT2D eigenvalue weighted by atomic mass is 10.3. The van der Waals surface area contributed by atoms with E-state index in [4.69, 9.17) is 11.6 Å². The molecular formula is C14H12ClN5O2. The van der Waals surface area contributed by atoms with Gasteiger partial charge in [0.05, 0.1) is 6.20 Å². The number of rotatable bonds is 3. The Bertz CT molecular complexity index is 915. The number of hydrogen-bond acceptors (Lipinski definition) is 4. The number of anilines is 1. The molecule has 1 aromatic carbocycles. The van der Waals surface area contributed by atoms with Crippen LogP contribution in [0.1, 0.15) is 0 Å². The van der Waals surface area contributed by atoms with Gasteiger partial charge in [-0.05, 0) is 18.2 Å². The Hall–Kier alpha value is -2.67. The van der Waals surface area contributed by atoms with E-state index in [9.17, 15) is 9.59 Å². The number of carbonyl (C=O) groups excluding carboxylic acids is 1. The van der Waals surface area contributed by atoms with Crippen molar-refractivity contribution in [2.24, 2.45) is 7.05 Å². The fourth-order valence-corrected chi connectivity index (χ4v) is 2.29. The van der Waals surface area contributed by atoms with Crippen LogP contribution in [0, 0.1) is 0 Å². The minimum atomic E-state index is -0.339. The maximum Gasteiger partial charge on any atom is 0.264 e. The number of aryl methyl sites for hydroxylation is 1. The number of benzene rings is 1. The summed E-state index contributed by atoms with van der Waals surface area (Å²) in [4.78, 5) is 28.4. The summed E-state index contributed by atoms with van der Waals surface area (Å²) < 4.78 is 2.75. The number of nitrogens with zero attached hydrogens (tertiary/aromatic N) is 4. The normalized spacial score (nSPS) is 10.8. The van der Waals surface area contributed by atoms with Gasteiger partial charge in [-0.1, -0.05) is 17.7 Å². The molecule has 3 rings (SSSR count). The van der Waals surface area contributed by atoms with Crippen LogP contribution in [-0.2, 0) is 18.4 Å². The first-order valence-electron chi connectivity index (χ1n) is 6.47. The van der Waals surface area contributed by atoms with Crippen molar-refractivity contribution in [2.45, 2.75) is 6.54 Å². The van der Waals surface area contributed by atoms with E-state index in [1.807, 2.05) is 0 Å². The molecule has 2 heterocycles. The highest BCUT2D eigenvalue weighted by Gasteiger charge is 2.11. The van der Waals surface area contributed by atoms with Gasteiger partial charge in [0.2, 0.25) is 5.91 Å². The molecule has 112 valence electrons. The quantitative estimate of drug-likeness (QED) is 0.792. The van der Waals surface area contributed by atoms with Crippen LogP contribution in [0.3, 0.4) is 0 Å². The molecule has 0 unspecified atom stereocenters. The highest BCUT2D eigenvalue weighted by atomic mass is 35.5. The van der Waals surface area contributed by atoms with E-state index < -0.39 is 0 Å². The molecule has 0 aliphatic rings. The second-order valence-corrected chi connectivity index (χ2v) is 5.18. The molecule has 22 heavy (non-hydrogen) atoms. The Morgan fingerprint density at radius 1 is 1.41 bits per heavy atom. The molecular weight excluding hydrogens is 306 g/mol. The molecule has 0 atom stereocenters. The zero-order chi connectivity index (χ0) is 15.7. The van der Waals surface area contributed by atoms with E-state index in [-0.39, 0.29) is 18.0 Å². The molecule has 0 radical (unpaired) electrons. The van der Waals surface area contributed by atoms with E-state index in [1.165, 1.54) is 21.8 Å². The number of nitrogens with one attached hydrogen (secondary N) is 1. The number of fused-ring (bicyclic) bond motifs is 1. The predicted molar refractivity (Wildman–Crippen MR) is 82.9 cm³/mol. The lowest BCUT2D eigenvalue weighted by Gasteiger charge is -2.07. The van der Waals surface area contributed by atoms with Crippen molar-refractivity contribution in [2.75, 3.05) is 5.32 Å². The number of hydrogen-bond donors (Lipinski definition) is 1. The van der Waals surface area contributed by atoms with Crippen LogP contribution in [0.15, 0.2) is 41.6 Å². The second kappa shape index (κ2) is 5.61. The molecule has 0 fully saturated rings. The van der Waals surface area contributed by atoms with Crippen LogP contribution in [0.4, 0.5) is 5.69 Å². The first-order valence-corrected chi connectivity index (χ1v) is 6.85. The second-order valence-electron chi connectivity index (χ2n) is 4.74. The van der Waals surface area contributed by atoms with Gasteiger partial charge in [0.1, 0.15) is 18.3 Å². The average Bonchev–Trinajstić information content (AvgIpc) is 2.84. The van der Waals surface area contributed by atoms with Gasteiger partial charge < -0.3 is 5.32 Å². The number of amides is 1. The summed E-state index contributed by atoms with van der Waals surface area (Å²) >= 11 is 5.86. The van der Waals surface area contributed by atoms with Crippen LogP contribution in [0.5, 0.6) is 0 Å². The maximum absolute atomic E-state index is 12.3. The van der Waals surface area contributed by atoms with Crippen molar-refractivity contribution in [1.29, 1.82) is 0 Å². The number of halogens is 1. The van der Waals surface area contributed by atoms with Crippen LogP contribution >= 0.6 is 11.6 Å². The van der Waals surface area contributed by atoms with Crippen LogP contribution < -0.4 is 10.9 Å². The monoisotopic (exact) mass is 317 g/mol. The standard InChI is InChI=1S/C14H12ClN5O2/c1-19-13-11(6-17-19)14(22)20(8-16-13)7-12(21)18-10-4-2-3-9(15)5-10/h2-6,8H,7H2,1H3,(H,18,21). The fraction of sp³-hybridized carbons (Fsp3) is 0.143. The Morgan fingerprint density at radius 2 is 2.23 bits per heavy atom. The molecule has 1 N–H and O–H groups in total. The third-order valence-corrected chi connectivity index (χ3v) is 3.38. The van der Waals surface area contributed by atoms with Gasteiger partial charge in [-0.15, -0.1) is 0 Å². The zero-order valence-electron chi connectivity index (χ0n) is 11.7. The number of carbonyl (C=O) groups is 1. The Kier molecular flexibility index (Phi) is 3.64. The Balaban J connectivity index is 1.82. The lowest BCUT2D eigenvalue weighted by molar-refractivity contribution is -0.116. The lowest BCUT2D eigenvalue weighted by Crippen LogP contribution is -2.27. The highest BCUT2D eigenvalue weighted by Crippen LogP contribution is 2.14. The van der Waals surface area contributed by atoms with Crippen molar-refractivity contribution in [3.63, 3.8) is 0 Å². The molecule has 0 aliphatic carbocycles. The molecule has 8 heteroatoms. The van der Waals surface area contributed by atoms with Gasteiger partial charge in [-0.25, -0.2) is 4.98 Å². The number of aromatic nitrogens is 4. The van der Waals surface area contributed by atoms with Gasteiger partial charge in [0.25, 0.3) is 5.56 Å². The predicted octanol–water partition coefficient (Wildman–Crippen LogP) is 1.42. The summed E-state index contributed by atoms with van der Waals surface area (Å²) in [6.45, 7) is -0.136. The zero-order valence-corrected chi connectivity index (χ0v) is 12.4. The van der Waals surface area contributed by atoms with Gasteiger partial charge in [-0.3, -0.25) is 18.8 Å². The fourth-order valence-electron chi connectivity index (χ4n) is 2.10. The summed E-state index contributed by atoms with van der Waals surface area (Å²) in [5.41, 5.74) is 0.747. The van der Waals surface area contributed by atoms with Crippen LogP contribution in [0.25, 0.3) is 11.0 Å². The van der Waals surface area contributed by atoms with E-state index in [0.29, 0.717) is 21.7 Å². The SMILES string of the molecule is Cn1ncc2c(=O)n(CC(=O)Nc3cccc(Cl)c3)cnc21. The first-order chi connectivity index (χ1) is 10.5. The molecule has 0 aliphatic heterocycles. The molecule has 7 nitrogen and oxygen atoms in total. The van der Waals surface area contributed by atoms with Gasteiger partial charge in [0, 0.05) is 17.8 Å². The minimum absolute atomic E-state index is 0.136. The van der Waals surface area contributed by atoms with E-state index >= 15 is 0 Å². The molecule has 0 spiro atoms. The molecule has 1 amide bonds. The topological polar surface area (TPSA) is 81.8 Å². The van der Waals surface area contributed by atoms with Gasteiger partial charge in [0.15, 0.2) is 5.65 Å². The smallest absolute Gasteiger partial charge is 0.264 e. The summed E-state index contributed by atoms with van der Waals surface area (Å²) in [5, 5.41) is 7.56. The molecule has 3 aromatic rings. The summed E-state index contributed by atoms with van der Waals surface area (Å²) in [5.74, 6) is -0.339. The van der Waals surface area contributed by atoms with E-state index in [1.54, 1.807) is 31.3 Å². The van der Waals surface area contributed by atoms with Gasteiger partial charge >= 0.3 is 0 Å². The van der Waals surface area contributed by atoms with Crippen molar-refractivity contribution in [3.05, 3.63) is 52.2 Å². The maximum atomic E-state index is 12.3. The Labute approximate surface area is 130 Å². The van der Waals surface area contributed by atoms with Crippen LogP contribution in [-0.4, -0.2) is 25.2 Å². The molecule has 0 bridgehead atoms. The molecule has 0 saturated heterocycles. The Morgan fingerprint density at radius 3 is 3.00 bits per heavy atom. The average molecular weight is 318 g/mol. The molecule has 0 saturated carbocycles. The summed E-state index contributed by atoms with van der Waals surface area (Å²) in [6, 6.07) is 6.79. The van der Waals surface area contributed by atoms with E-state index in [0.717, 1.165) is 0 Å². The first kappa shape index (κ1) is 14.3. The van der Waals surface area contributed by atoms with Crippen molar-refractivity contribution in [1.82, 2.24) is 19.3 Å². The van der Waals surface area contributed by atoms with Crippen molar-refractivity contribution in [3.8, 4) is 0 Å². The van der Waals surface area contributed by atoms with E-state index in [2.05, 4.69) is 15.4 Å². The third-order valence-electron chi connectivity index (χ3n) is 3.14. The van der Waals surface area contributed by atoms with Gasteiger partial charge in [-0.2, -0.15) is 5.10 Å². The van der Waals surface area contributed by atoms with Crippen molar-refractivity contribution >= 4 is 34.2 Å². The van der Waals surface area contributed by atoms with Crippen LogP contribution in [0.2, 0.25) is 5.02 Å². The third kappa shape index (κ3) is 2.71. The molecule has 2 aromatic heterocycles.